The van der Waals surface area contributed by atoms with Crippen LogP contribution in [0, 0.1) is 10.1 Å². The number of rotatable bonds is 4. The number of piperidine rings is 3. The van der Waals surface area contributed by atoms with Crippen molar-refractivity contribution in [1.82, 2.24) is 41.2 Å². The van der Waals surface area contributed by atoms with Crippen LogP contribution in [0.4, 0.5) is 11.4 Å². The second-order valence-corrected chi connectivity index (χ2v) is 16.9. The second kappa shape index (κ2) is 29.5. The Morgan fingerprint density at radius 1 is 0.697 bits per heavy atom. The molecule has 27 nitrogen and oxygen atoms in total. The van der Waals surface area contributed by atoms with Crippen LogP contribution in [0.5, 0.6) is 0 Å². The molecule has 9 rings (SSSR count). The average Bonchev–Trinajstić information content (AvgIpc) is 3.32. The van der Waals surface area contributed by atoms with E-state index < -0.39 is 58.8 Å². The largest absolute Gasteiger partial charge is 1.00 e. The molecule has 6 aromatic rings. The number of carboxylic acids is 1. The number of carbonyl (C=O) groups is 8. The van der Waals surface area contributed by atoms with E-state index in [0.717, 1.165) is 10.0 Å². The molecule has 0 aliphatic carbocycles. The maximum Gasteiger partial charge on any atom is 1.00 e. The van der Waals surface area contributed by atoms with Crippen LogP contribution in [0.25, 0.3) is 21.8 Å². The van der Waals surface area contributed by atoms with E-state index in [9.17, 15) is 52.7 Å². The number of H-pyrrole nitrogens is 1. The zero-order chi connectivity index (χ0) is 55.7. The number of aromatic carboxylic acids is 1. The molecule has 0 spiro atoms. The van der Waals surface area contributed by atoms with Crippen molar-refractivity contribution in [2.75, 3.05) is 11.5 Å². The Hall–Kier alpha value is -7.63. The number of aromatic nitrogens is 4. The number of carboxylic acid groups (broad SMARTS) is 1. The average molecular weight is 1140 g/mol. The van der Waals surface area contributed by atoms with E-state index in [1.165, 1.54) is 18.2 Å². The third kappa shape index (κ3) is 17.2. The van der Waals surface area contributed by atoms with Crippen molar-refractivity contribution >= 4 is 127 Å². The topological polar surface area (TPSA) is 446 Å². The number of fused-ring (bicyclic) bond motifs is 2. The van der Waals surface area contributed by atoms with Gasteiger partial charge in [-0.05, 0) is 67.8 Å². The van der Waals surface area contributed by atoms with Gasteiger partial charge >= 0.3 is 46.9 Å². The molecule has 32 heteroatoms. The quantitative estimate of drug-likeness (QED) is 0.0358. The first kappa shape index (κ1) is 62.7. The van der Waals surface area contributed by atoms with Gasteiger partial charge in [0.2, 0.25) is 29.5 Å². The summed E-state index contributed by atoms with van der Waals surface area (Å²) >= 11 is 23.2. The van der Waals surface area contributed by atoms with E-state index in [2.05, 4.69) is 41.0 Å². The monoisotopic (exact) mass is 1140 g/mol. The number of halogens is 4. The van der Waals surface area contributed by atoms with Gasteiger partial charge in [-0.1, -0.05) is 75.9 Å². The predicted molar refractivity (Wildman–Crippen MR) is 270 cm³/mol. The number of benzene rings is 4. The number of nitrogens with zero attached hydrogens (tertiary/aromatic N) is 4. The van der Waals surface area contributed by atoms with E-state index in [-0.39, 0.29) is 132 Å². The fraction of sp³-hybridized carbons (Fsp3) is 0.205. The van der Waals surface area contributed by atoms with Crippen molar-refractivity contribution in [3.05, 3.63) is 145 Å². The summed E-state index contributed by atoms with van der Waals surface area (Å²) < 4.78 is 5.30. The smallest absolute Gasteiger partial charge is 0.478 e. The molecule has 2 aromatic heterocycles. The minimum atomic E-state index is -1.10. The van der Waals surface area contributed by atoms with Crippen molar-refractivity contribution in [2.24, 2.45) is 11.1 Å². The molecule has 3 fully saturated rings. The molecule has 0 radical (unpaired) electrons. The molecule has 0 saturated carbocycles. The van der Waals surface area contributed by atoms with E-state index in [1.807, 2.05) is 0 Å². The van der Waals surface area contributed by atoms with E-state index in [4.69, 9.17) is 78.8 Å². The second-order valence-electron chi connectivity index (χ2n) is 15.2. The Kier molecular flexibility index (Phi) is 24.3. The minimum absolute atomic E-state index is 0. The van der Waals surface area contributed by atoms with E-state index in [0.29, 0.717) is 23.9 Å². The van der Waals surface area contributed by atoms with Gasteiger partial charge in [-0.2, -0.15) is 4.68 Å². The maximum atomic E-state index is 12.4. The summed E-state index contributed by atoms with van der Waals surface area (Å²) in [4.78, 5) is 134. The number of imide groups is 3. The Morgan fingerprint density at radius 2 is 1.18 bits per heavy atom. The summed E-state index contributed by atoms with van der Waals surface area (Å²) in [7, 11) is 0. The van der Waals surface area contributed by atoms with Gasteiger partial charge in [0, 0.05) is 30.6 Å². The van der Waals surface area contributed by atoms with E-state index >= 15 is 0 Å². The van der Waals surface area contributed by atoms with Crippen molar-refractivity contribution in [3.63, 3.8) is 0 Å². The van der Waals surface area contributed by atoms with Crippen molar-refractivity contribution < 1.29 is 77.4 Å². The van der Waals surface area contributed by atoms with Crippen molar-refractivity contribution in [3.8, 4) is 0 Å². The van der Waals surface area contributed by atoms with Gasteiger partial charge in [0.15, 0.2) is 0 Å². The first-order valence-corrected chi connectivity index (χ1v) is 22.7. The zero-order valence-electron chi connectivity index (χ0n) is 39.1. The number of hydrogen-bond acceptors (Lipinski definition) is 20. The van der Waals surface area contributed by atoms with Gasteiger partial charge < -0.3 is 42.2 Å². The Morgan fingerprint density at radius 3 is 1.70 bits per heavy atom. The molecule has 5 heterocycles. The zero-order valence-corrected chi connectivity index (χ0v) is 44.1. The molecule has 76 heavy (non-hydrogen) atoms. The van der Waals surface area contributed by atoms with Crippen molar-refractivity contribution in [1.29, 1.82) is 0 Å². The first-order valence-electron chi connectivity index (χ1n) is 21.2. The molecule has 3 atom stereocenters. The maximum absolute atomic E-state index is 12.4. The number of anilines is 2. The Balaban J connectivity index is 0.000000253. The summed E-state index contributed by atoms with van der Waals surface area (Å²) in [5, 5.41) is 35.5. The molecule has 0 bridgehead atoms. The summed E-state index contributed by atoms with van der Waals surface area (Å²) in [6.45, 7) is 0. The van der Waals surface area contributed by atoms with Gasteiger partial charge in [0.25, 0.3) is 17.4 Å². The van der Waals surface area contributed by atoms with Gasteiger partial charge in [0.05, 0.1) is 42.6 Å². The normalized spacial score (nSPS) is 16.4. The molecule has 7 amide bonds. The number of carbonyl (C=O) groups excluding carboxylic acids is 7. The van der Waals surface area contributed by atoms with Crippen LogP contribution < -0.4 is 85.0 Å². The number of aromatic amines is 1. The number of nitrogen functional groups attached to an aromatic ring is 2. The molecule has 3 unspecified atom stereocenters. The minimum Gasteiger partial charge on any atom is -0.478 e. The fourth-order valence-electron chi connectivity index (χ4n) is 6.60. The molecule has 3 aliphatic rings. The molecular weight excluding hydrogens is 1100 g/mol. The standard InChI is InChI=1S/C12H9ClN4O3.C12H12ClN3O3.C8H4ClNO3.C7H6ClNO2.C5H8N2O2.HNO2.Na/c13-6-2-1-3-7-10(6)12(20)17(16-15-7)8-4-5-9(18)14-11(8)19;13-6-2-1-3-7(14)10(6)12(19)15-8-4-5-9(17)16-11(8)18;9-4-2-1-3-5-6(4)7(11)13-8(12)10-5;8-4-2-1-3-5(9)6(4)7(10)11;6-3-1-2-4(8)7-5(3)9;2-1-3;/h1-3,8H,4-5H2,(H,14,18,19);1-3,8H,4-5,14H2,(H,15,19)(H,16,17,18);1-3H,(H,10,12);1-3H,9H2,(H,10,11);3H,1-2,6H2,(H,7,8,9);(H,2,3);/q;;;;;;+1/p-1. The molecule has 4 aromatic carbocycles. The summed E-state index contributed by atoms with van der Waals surface area (Å²) in [6.07, 6.45) is 1.67. The Labute approximate surface area is 467 Å². The molecule has 394 valence electrons. The van der Waals surface area contributed by atoms with Gasteiger partial charge in [-0.15, -0.1) is 10.4 Å². The summed E-state index contributed by atoms with van der Waals surface area (Å²) in [6, 6.07) is 16.8. The molecule has 3 saturated heterocycles. The summed E-state index contributed by atoms with van der Waals surface area (Å²) in [5.41, 5.74) is 16.4. The van der Waals surface area contributed by atoms with E-state index in [1.54, 1.807) is 54.6 Å². The van der Waals surface area contributed by atoms with Crippen molar-refractivity contribution in [2.45, 2.75) is 56.7 Å². The number of hydrogen-bond donors (Lipinski definition) is 9. The van der Waals surface area contributed by atoms with Crippen LogP contribution in [-0.4, -0.2) is 84.5 Å². The predicted octanol–water partition coefficient (Wildman–Crippen LogP) is -0.360. The van der Waals surface area contributed by atoms with Crippen LogP contribution >= 0.6 is 46.4 Å². The van der Waals surface area contributed by atoms with Gasteiger partial charge in [-0.25, -0.2) is 14.4 Å². The molecular formula is C44H39Cl4N12NaO15. The number of amides is 7. The van der Waals surface area contributed by atoms with Crippen LogP contribution in [0.1, 0.15) is 65.3 Å². The van der Waals surface area contributed by atoms with Crippen LogP contribution in [-0.2, 0) is 28.8 Å². The summed E-state index contributed by atoms with van der Waals surface area (Å²) in [5.74, 6) is -4.75. The number of nitrogens with two attached hydrogens (primary N) is 3. The van der Waals surface area contributed by atoms with Gasteiger partial charge in [0.1, 0.15) is 28.6 Å². The van der Waals surface area contributed by atoms with Crippen LogP contribution in [0.15, 0.2) is 96.9 Å². The Bertz CT molecular complexity index is 3360. The van der Waals surface area contributed by atoms with Gasteiger partial charge in [-0.3, -0.25) is 59.3 Å². The third-order valence-electron chi connectivity index (χ3n) is 10.2. The molecule has 3 aliphatic heterocycles. The SMILES string of the molecule is NC1CCC(=O)NC1=O.Nc1cccc(Cl)c1C(=O)NC1CCC(=O)NC1=O.Nc1cccc(Cl)c1C(=O)O.O=C1CCC(n2nnc3cccc(Cl)c3c2=O)C(=O)N1.O=N[O-].O=c1[nH]c2cccc(Cl)c2c(=O)o1.[Na+]. The molecule has 12 N–H and O–H groups in total. The van der Waals surface area contributed by atoms with Crippen LogP contribution in [0.3, 0.4) is 0 Å². The van der Waals surface area contributed by atoms with Crippen LogP contribution in [0.2, 0.25) is 20.1 Å². The fourth-order valence-corrected chi connectivity index (χ4v) is 7.64. The third-order valence-corrected chi connectivity index (χ3v) is 11.4. The first-order chi connectivity index (χ1) is 35.5. The number of nitrogens with one attached hydrogen (secondary N) is 5.